The van der Waals surface area contributed by atoms with Gasteiger partial charge in [0.2, 0.25) is 0 Å². The molecular formula is C28H33FN2O4. The number of ether oxygens (including phenoxy) is 2. The molecule has 0 radical (unpaired) electrons. The Labute approximate surface area is 205 Å². The van der Waals surface area contributed by atoms with Gasteiger partial charge in [0.15, 0.2) is 0 Å². The van der Waals surface area contributed by atoms with Gasteiger partial charge in [-0.05, 0) is 93.1 Å². The van der Waals surface area contributed by atoms with E-state index >= 15 is 4.39 Å². The van der Waals surface area contributed by atoms with E-state index in [2.05, 4.69) is 6.07 Å². The Balaban J connectivity index is 1.24. The molecule has 0 spiro atoms. The lowest BCUT2D eigenvalue weighted by Gasteiger charge is -2.56. The van der Waals surface area contributed by atoms with E-state index in [0.717, 1.165) is 36.2 Å². The molecule has 5 aliphatic carbocycles. The predicted molar refractivity (Wildman–Crippen MR) is 125 cm³/mol. The Morgan fingerprint density at radius 2 is 1.77 bits per heavy atom. The number of hydrogen-bond acceptors (Lipinski definition) is 5. The summed E-state index contributed by atoms with van der Waals surface area (Å²) in [4.78, 5) is 26.9. The molecule has 1 heterocycles. The number of carbonyl (C=O) groups excluding carboxylic acids is 2. The third-order valence-corrected chi connectivity index (χ3v) is 9.26. The topological polar surface area (TPSA) is 79.6 Å². The summed E-state index contributed by atoms with van der Waals surface area (Å²) in [5, 5.41) is 9.34. The molecule has 1 aliphatic heterocycles. The van der Waals surface area contributed by atoms with E-state index < -0.39 is 29.7 Å². The van der Waals surface area contributed by atoms with Crippen LogP contribution in [0, 0.1) is 46.2 Å². The first-order valence-corrected chi connectivity index (χ1v) is 13.1. The van der Waals surface area contributed by atoms with Crippen LogP contribution in [0.15, 0.2) is 12.1 Å². The second-order valence-electron chi connectivity index (χ2n) is 11.9. The van der Waals surface area contributed by atoms with E-state index in [1.165, 1.54) is 56.6 Å². The highest BCUT2D eigenvalue weighted by molar-refractivity contribution is 5.98. The monoisotopic (exact) mass is 480 g/mol. The molecule has 0 N–H and O–H groups in total. The molecule has 35 heavy (non-hydrogen) atoms. The van der Waals surface area contributed by atoms with Crippen LogP contribution in [0.1, 0.15) is 79.6 Å². The number of esters is 1. The summed E-state index contributed by atoms with van der Waals surface area (Å²) in [6, 6.07) is 4.28. The second kappa shape index (κ2) is 8.50. The van der Waals surface area contributed by atoms with Gasteiger partial charge in [-0.2, -0.15) is 5.26 Å². The first kappa shape index (κ1) is 22.8. The summed E-state index contributed by atoms with van der Waals surface area (Å²) < 4.78 is 26.6. The summed E-state index contributed by atoms with van der Waals surface area (Å²) >= 11 is 0. The molecular weight excluding hydrogens is 447 g/mol. The molecule has 0 aromatic heterocycles. The Morgan fingerprint density at radius 3 is 2.34 bits per heavy atom. The number of hydrogen-bond donors (Lipinski definition) is 0. The van der Waals surface area contributed by atoms with E-state index in [-0.39, 0.29) is 29.9 Å². The van der Waals surface area contributed by atoms with Gasteiger partial charge in [0, 0.05) is 18.0 Å². The molecule has 7 heteroatoms. The number of benzene rings is 1. The van der Waals surface area contributed by atoms with E-state index in [1.54, 1.807) is 6.07 Å². The van der Waals surface area contributed by atoms with Gasteiger partial charge in [-0.25, -0.2) is 9.18 Å². The highest BCUT2D eigenvalue weighted by Gasteiger charge is 2.51. The van der Waals surface area contributed by atoms with Gasteiger partial charge < -0.3 is 14.4 Å². The van der Waals surface area contributed by atoms with Gasteiger partial charge in [0.1, 0.15) is 17.6 Å². The third-order valence-electron chi connectivity index (χ3n) is 9.26. The minimum absolute atomic E-state index is 0.0541. The molecule has 2 unspecified atom stereocenters. The zero-order valence-corrected chi connectivity index (χ0v) is 20.3. The van der Waals surface area contributed by atoms with Crippen LogP contribution in [0.5, 0.6) is 5.75 Å². The second-order valence-corrected chi connectivity index (χ2v) is 11.9. The molecule has 6 fully saturated rings. The smallest absolute Gasteiger partial charge is 0.328 e. The van der Waals surface area contributed by atoms with Gasteiger partial charge in [0.05, 0.1) is 31.3 Å². The molecule has 6 aliphatic rings. The fourth-order valence-corrected chi connectivity index (χ4v) is 7.94. The van der Waals surface area contributed by atoms with E-state index in [1.807, 2.05) is 0 Å². The van der Waals surface area contributed by atoms with Crippen LogP contribution in [0.2, 0.25) is 0 Å². The lowest BCUT2D eigenvalue weighted by molar-refractivity contribution is -0.145. The van der Waals surface area contributed by atoms with E-state index in [4.69, 9.17) is 9.47 Å². The molecule has 2 atom stereocenters. The Kier molecular flexibility index (Phi) is 5.54. The van der Waals surface area contributed by atoms with E-state index in [0.29, 0.717) is 12.4 Å². The molecule has 1 aromatic carbocycles. The molecule has 186 valence electrons. The van der Waals surface area contributed by atoms with Crippen molar-refractivity contribution in [1.82, 2.24) is 4.90 Å². The maximum atomic E-state index is 15.4. The van der Waals surface area contributed by atoms with Crippen molar-refractivity contribution in [1.29, 1.82) is 5.26 Å². The van der Waals surface area contributed by atoms with Gasteiger partial charge in [-0.15, -0.1) is 0 Å². The van der Waals surface area contributed by atoms with Crippen molar-refractivity contribution >= 4 is 11.9 Å². The largest absolute Gasteiger partial charge is 0.493 e. The molecule has 7 rings (SSSR count). The van der Waals surface area contributed by atoms with Gasteiger partial charge >= 0.3 is 5.97 Å². The highest BCUT2D eigenvalue weighted by Crippen LogP contribution is 2.60. The minimum Gasteiger partial charge on any atom is -0.493 e. The fraction of sp³-hybridized carbons (Fsp3) is 0.679. The van der Waals surface area contributed by atoms with Crippen molar-refractivity contribution in [3.8, 4) is 11.8 Å². The Morgan fingerprint density at radius 1 is 1.11 bits per heavy atom. The van der Waals surface area contributed by atoms with Crippen LogP contribution in [-0.4, -0.2) is 43.1 Å². The summed E-state index contributed by atoms with van der Waals surface area (Å²) in [5.41, 5.74) is 1.06. The average Bonchev–Trinajstić information content (AvgIpc) is 3.58. The number of amides is 1. The molecule has 6 nitrogen and oxygen atoms in total. The molecule has 5 saturated carbocycles. The highest BCUT2D eigenvalue weighted by atomic mass is 19.1. The molecule has 4 bridgehead atoms. The van der Waals surface area contributed by atoms with Gasteiger partial charge in [-0.3, -0.25) is 4.79 Å². The van der Waals surface area contributed by atoms with Crippen molar-refractivity contribution in [2.24, 2.45) is 29.1 Å². The lowest BCUT2D eigenvalue weighted by atomic mass is 9.50. The first-order valence-electron chi connectivity index (χ1n) is 13.1. The number of carbonyl (C=O) groups is 2. The molecule has 1 aromatic rings. The maximum absolute atomic E-state index is 15.4. The number of methoxy groups -OCH3 is 1. The standard InChI is InChI=1S/C28H33FN2O4/c1-34-27(33)24-7-19(13-30)14-31(24)26(32)22-8-21(20-2-3-20)25(9-23(22)29)35-15-28-10-16-4-17(11-28)6-18(5-16)12-28/h8-9,16-20,24H,2-7,10-12,14-15H2,1H3. The summed E-state index contributed by atoms with van der Waals surface area (Å²) in [5.74, 6) is 1.06. The van der Waals surface area contributed by atoms with Crippen LogP contribution < -0.4 is 4.74 Å². The molecule has 1 amide bonds. The van der Waals surface area contributed by atoms with Gasteiger partial charge in [-0.1, -0.05) is 0 Å². The Hall–Kier alpha value is -2.62. The quantitative estimate of drug-likeness (QED) is 0.545. The van der Waals surface area contributed by atoms with Crippen molar-refractivity contribution in [3.63, 3.8) is 0 Å². The average molecular weight is 481 g/mol. The summed E-state index contributed by atoms with van der Waals surface area (Å²) in [7, 11) is 1.26. The van der Waals surface area contributed by atoms with Gasteiger partial charge in [0.25, 0.3) is 5.91 Å². The first-order chi connectivity index (χ1) is 16.9. The van der Waals surface area contributed by atoms with Crippen molar-refractivity contribution in [3.05, 3.63) is 29.1 Å². The van der Waals surface area contributed by atoms with Crippen LogP contribution in [0.4, 0.5) is 4.39 Å². The maximum Gasteiger partial charge on any atom is 0.328 e. The van der Waals surface area contributed by atoms with Crippen molar-refractivity contribution in [2.75, 3.05) is 20.3 Å². The minimum atomic E-state index is -0.868. The normalized spacial score (nSPS) is 35.1. The van der Waals surface area contributed by atoms with Crippen LogP contribution >= 0.6 is 0 Å². The number of nitriles is 1. The lowest BCUT2D eigenvalue weighted by Crippen LogP contribution is -2.48. The number of nitrogens with zero attached hydrogens (tertiary/aromatic N) is 2. The Bertz CT molecular complexity index is 1060. The number of likely N-dealkylation sites (tertiary alicyclic amines) is 1. The van der Waals surface area contributed by atoms with E-state index in [9.17, 15) is 14.9 Å². The zero-order valence-electron chi connectivity index (χ0n) is 20.3. The third kappa shape index (κ3) is 4.09. The van der Waals surface area contributed by atoms with Crippen molar-refractivity contribution < 1.29 is 23.5 Å². The van der Waals surface area contributed by atoms with Crippen LogP contribution in [0.3, 0.4) is 0 Å². The predicted octanol–water partition coefficient (Wildman–Crippen LogP) is 4.83. The summed E-state index contributed by atoms with van der Waals surface area (Å²) in [6.07, 6.45) is 9.98. The summed E-state index contributed by atoms with van der Waals surface area (Å²) in [6.45, 7) is 0.723. The zero-order chi connectivity index (χ0) is 24.3. The molecule has 1 saturated heterocycles. The number of halogens is 1. The SMILES string of the molecule is COC(=O)C1CC(C#N)CN1C(=O)c1cc(C2CC2)c(OCC23CC4CC(CC(C4)C2)C3)cc1F. The fourth-order valence-electron chi connectivity index (χ4n) is 7.94. The van der Waals surface area contributed by atoms with Crippen LogP contribution in [0.25, 0.3) is 0 Å². The van der Waals surface area contributed by atoms with Crippen LogP contribution in [-0.2, 0) is 9.53 Å². The van der Waals surface area contributed by atoms with Crippen molar-refractivity contribution in [2.45, 2.75) is 69.7 Å². The number of rotatable bonds is 6.